The summed E-state index contributed by atoms with van der Waals surface area (Å²) in [4.78, 5) is 0. The average Bonchev–Trinajstić information content (AvgIpc) is 2.79. The normalized spacial score (nSPS) is 16.8. The predicted molar refractivity (Wildman–Crippen MR) is 78.1 cm³/mol. The van der Waals surface area contributed by atoms with E-state index in [-0.39, 0.29) is 6.10 Å². The standard InChI is InChI=1S/C14H20N2OS/c1-2-3-8-15-14(18)16-10-12-9-11-6-4-5-7-13(11)17-12/h4-7,12H,2-3,8-10H2,1H3,(H2,15,16,18). The van der Waals surface area contributed by atoms with Crippen LogP contribution >= 0.6 is 12.2 Å². The van der Waals surface area contributed by atoms with E-state index in [4.69, 9.17) is 17.0 Å². The van der Waals surface area contributed by atoms with Crippen molar-refractivity contribution in [2.75, 3.05) is 13.1 Å². The van der Waals surface area contributed by atoms with E-state index in [1.165, 1.54) is 12.0 Å². The van der Waals surface area contributed by atoms with Crippen LogP contribution in [0.4, 0.5) is 0 Å². The van der Waals surface area contributed by atoms with Crippen LogP contribution in [0.15, 0.2) is 24.3 Å². The van der Waals surface area contributed by atoms with Gasteiger partial charge in [0.1, 0.15) is 11.9 Å². The molecular weight excluding hydrogens is 244 g/mol. The minimum Gasteiger partial charge on any atom is -0.488 e. The number of hydrogen-bond donors (Lipinski definition) is 2. The van der Waals surface area contributed by atoms with Gasteiger partial charge >= 0.3 is 0 Å². The summed E-state index contributed by atoms with van der Waals surface area (Å²) in [5, 5.41) is 7.13. The van der Waals surface area contributed by atoms with Crippen LogP contribution in [0.2, 0.25) is 0 Å². The number of unbranched alkanes of at least 4 members (excludes halogenated alkanes) is 1. The molecule has 2 N–H and O–H groups in total. The number of rotatable bonds is 5. The maximum Gasteiger partial charge on any atom is 0.166 e. The number of benzene rings is 1. The molecule has 3 nitrogen and oxygen atoms in total. The first-order chi connectivity index (χ1) is 8.79. The zero-order valence-corrected chi connectivity index (χ0v) is 11.6. The molecule has 0 aliphatic carbocycles. The van der Waals surface area contributed by atoms with Gasteiger partial charge in [-0.15, -0.1) is 0 Å². The fourth-order valence-corrected chi connectivity index (χ4v) is 2.20. The van der Waals surface area contributed by atoms with E-state index in [0.717, 1.165) is 36.8 Å². The third-order valence-electron chi connectivity index (χ3n) is 3.02. The van der Waals surface area contributed by atoms with Gasteiger partial charge in [-0.1, -0.05) is 31.5 Å². The summed E-state index contributed by atoms with van der Waals surface area (Å²) in [6.45, 7) is 3.86. The van der Waals surface area contributed by atoms with Gasteiger partial charge in [0.2, 0.25) is 0 Å². The monoisotopic (exact) mass is 264 g/mol. The van der Waals surface area contributed by atoms with Gasteiger partial charge in [0.15, 0.2) is 5.11 Å². The molecule has 0 radical (unpaired) electrons. The van der Waals surface area contributed by atoms with Crippen molar-refractivity contribution in [3.05, 3.63) is 29.8 Å². The maximum atomic E-state index is 5.83. The Morgan fingerprint density at radius 2 is 2.22 bits per heavy atom. The minimum absolute atomic E-state index is 0.188. The Kier molecular flexibility index (Phi) is 4.81. The largest absolute Gasteiger partial charge is 0.488 e. The molecule has 1 unspecified atom stereocenters. The second kappa shape index (κ2) is 6.59. The topological polar surface area (TPSA) is 33.3 Å². The van der Waals surface area contributed by atoms with Crippen LogP contribution in [0, 0.1) is 0 Å². The van der Waals surface area contributed by atoms with Crippen LogP contribution in [0.5, 0.6) is 5.75 Å². The fourth-order valence-electron chi connectivity index (χ4n) is 2.02. The molecular formula is C14H20N2OS. The molecule has 0 amide bonds. The maximum absolute atomic E-state index is 5.83. The summed E-state index contributed by atoms with van der Waals surface area (Å²) in [5.41, 5.74) is 1.29. The number of hydrogen-bond acceptors (Lipinski definition) is 2. The number of nitrogens with one attached hydrogen (secondary N) is 2. The van der Waals surface area contributed by atoms with E-state index < -0.39 is 0 Å². The quantitative estimate of drug-likeness (QED) is 0.631. The van der Waals surface area contributed by atoms with E-state index in [2.05, 4.69) is 29.7 Å². The molecule has 1 aliphatic heterocycles. The molecule has 1 aromatic rings. The summed E-state index contributed by atoms with van der Waals surface area (Å²) in [6.07, 6.45) is 3.47. The van der Waals surface area contributed by atoms with Crippen molar-refractivity contribution < 1.29 is 4.74 Å². The lowest BCUT2D eigenvalue weighted by Gasteiger charge is -2.14. The molecule has 1 aromatic carbocycles. The first-order valence-corrected chi connectivity index (χ1v) is 6.96. The highest BCUT2D eigenvalue weighted by atomic mass is 32.1. The summed E-state index contributed by atoms with van der Waals surface area (Å²) in [6, 6.07) is 8.20. The Morgan fingerprint density at radius 1 is 1.39 bits per heavy atom. The van der Waals surface area contributed by atoms with E-state index in [9.17, 15) is 0 Å². The summed E-state index contributed by atoms with van der Waals surface area (Å²) in [7, 11) is 0. The minimum atomic E-state index is 0.188. The Balaban J connectivity index is 1.69. The molecule has 18 heavy (non-hydrogen) atoms. The highest BCUT2D eigenvalue weighted by Crippen LogP contribution is 2.27. The number of ether oxygens (including phenoxy) is 1. The zero-order valence-electron chi connectivity index (χ0n) is 10.7. The molecule has 0 spiro atoms. The Labute approximate surface area is 114 Å². The zero-order chi connectivity index (χ0) is 12.8. The van der Waals surface area contributed by atoms with Gasteiger partial charge in [-0.05, 0) is 30.3 Å². The lowest BCUT2D eigenvalue weighted by molar-refractivity contribution is 0.235. The number of para-hydroxylation sites is 1. The number of thiocarbonyl (C=S) groups is 1. The van der Waals surface area contributed by atoms with Crippen LogP contribution in [0.1, 0.15) is 25.3 Å². The first kappa shape index (κ1) is 13.1. The van der Waals surface area contributed by atoms with Crippen LogP contribution in [-0.2, 0) is 6.42 Å². The van der Waals surface area contributed by atoms with Crippen molar-refractivity contribution in [1.29, 1.82) is 0 Å². The van der Waals surface area contributed by atoms with Gasteiger partial charge in [0.05, 0.1) is 6.54 Å². The molecule has 4 heteroatoms. The van der Waals surface area contributed by atoms with Gasteiger partial charge in [-0.3, -0.25) is 0 Å². The second-order valence-corrected chi connectivity index (χ2v) is 4.95. The van der Waals surface area contributed by atoms with Gasteiger partial charge in [-0.2, -0.15) is 0 Å². The van der Waals surface area contributed by atoms with Crippen LogP contribution in [-0.4, -0.2) is 24.3 Å². The second-order valence-electron chi connectivity index (χ2n) is 4.54. The third-order valence-corrected chi connectivity index (χ3v) is 3.31. The van der Waals surface area contributed by atoms with Crippen LogP contribution in [0.25, 0.3) is 0 Å². The molecule has 0 saturated carbocycles. The van der Waals surface area contributed by atoms with Gasteiger partial charge < -0.3 is 15.4 Å². The predicted octanol–water partition coefficient (Wildman–Crippen LogP) is 2.25. The van der Waals surface area contributed by atoms with E-state index in [1.807, 2.05) is 12.1 Å². The summed E-state index contributed by atoms with van der Waals surface area (Å²) >= 11 is 5.21. The Bertz CT molecular complexity index is 384. The fraction of sp³-hybridized carbons (Fsp3) is 0.500. The molecule has 0 aromatic heterocycles. The van der Waals surface area contributed by atoms with Gasteiger partial charge in [-0.25, -0.2) is 0 Å². The summed E-state index contributed by atoms with van der Waals surface area (Å²) in [5.74, 6) is 1.01. The van der Waals surface area contributed by atoms with Crippen LogP contribution < -0.4 is 15.4 Å². The first-order valence-electron chi connectivity index (χ1n) is 6.56. The molecule has 0 bridgehead atoms. The third kappa shape index (κ3) is 3.60. The molecule has 2 rings (SSSR count). The lowest BCUT2D eigenvalue weighted by Crippen LogP contribution is -2.41. The van der Waals surface area contributed by atoms with Crippen molar-refractivity contribution in [3.8, 4) is 5.75 Å². The smallest absolute Gasteiger partial charge is 0.166 e. The Morgan fingerprint density at radius 3 is 3.00 bits per heavy atom. The summed E-state index contributed by atoms with van der Waals surface area (Å²) < 4.78 is 5.83. The Hall–Kier alpha value is -1.29. The van der Waals surface area contributed by atoms with E-state index >= 15 is 0 Å². The SMILES string of the molecule is CCCCNC(=S)NCC1Cc2ccccc2O1. The molecule has 1 atom stereocenters. The molecule has 1 aliphatic rings. The lowest BCUT2D eigenvalue weighted by atomic mass is 10.1. The van der Waals surface area contributed by atoms with Crippen molar-refractivity contribution in [2.24, 2.45) is 0 Å². The van der Waals surface area contributed by atoms with E-state index in [0.29, 0.717) is 0 Å². The highest BCUT2D eigenvalue weighted by Gasteiger charge is 2.21. The van der Waals surface area contributed by atoms with Crippen molar-refractivity contribution in [3.63, 3.8) is 0 Å². The highest BCUT2D eigenvalue weighted by molar-refractivity contribution is 7.80. The molecule has 98 valence electrons. The number of fused-ring (bicyclic) bond motifs is 1. The van der Waals surface area contributed by atoms with Crippen molar-refractivity contribution in [1.82, 2.24) is 10.6 Å². The van der Waals surface area contributed by atoms with Crippen LogP contribution in [0.3, 0.4) is 0 Å². The van der Waals surface area contributed by atoms with Gasteiger partial charge in [0, 0.05) is 13.0 Å². The molecule has 0 fully saturated rings. The van der Waals surface area contributed by atoms with Gasteiger partial charge in [0.25, 0.3) is 0 Å². The van der Waals surface area contributed by atoms with E-state index in [1.54, 1.807) is 0 Å². The molecule has 1 heterocycles. The van der Waals surface area contributed by atoms with Crippen molar-refractivity contribution >= 4 is 17.3 Å². The molecule has 0 saturated heterocycles. The van der Waals surface area contributed by atoms with Crippen molar-refractivity contribution in [2.45, 2.75) is 32.3 Å². The average molecular weight is 264 g/mol.